The van der Waals surface area contributed by atoms with Gasteiger partial charge in [0, 0.05) is 12.6 Å². The van der Waals surface area contributed by atoms with Crippen LogP contribution in [-0.4, -0.2) is 24.9 Å². The van der Waals surface area contributed by atoms with Gasteiger partial charge in [0.25, 0.3) is 0 Å². The van der Waals surface area contributed by atoms with Crippen LogP contribution >= 0.6 is 0 Å². The van der Waals surface area contributed by atoms with Crippen molar-refractivity contribution in [2.75, 3.05) is 6.54 Å². The average Bonchev–Trinajstić information content (AvgIpc) is 2.83. The highest BCUT2D eigenvalue weighted by atomic mass is 16.2. The van der Waals surface area contributed by atoms with E-state index in [1.54, 1.807) is 6.92 Å². The fourth-order valence-corrected chi connectivity index (χ4v) is 0.889. The molecule has 1 aliphatic carbocycles. The zero-order chi connectivity index (χ0) is 8.97. The summed E-state index contributed by atoms with van der Waals surface area (Å²) in [5, 5.41) is 5.35. The van der Waals surface area contributed by atoms with Crippen LogP contribution in [0.4, 0.5) is 0 Å². The highest BCUT2D eigenvalue weighted by molar-refractivity contribution is 5.79. The Labute approximate surface area is 71.7 Å². The van der Waals surface area contributed by atoms with Crippen LogP contribution in [0.1, 0.15) is 19.8 Å². The quantitative estimate of drug-likeness (QED) is 0.554. The smallest absolute Gasteiger partial charge is 0.224 e. The standard InChI is InChI=1S/C8H14N2O2/c1-6(4-9-5-11)8(12)10-7-2-3-7/h5-7H,2-4H2,1H3,(H,9,11)(H,10,12). The molecule has 2 amide bonds. The van der Waals surface area contributed by atoms with Gasteiger partial charge in [0.15, 0.2) is 0 Å². The van der Waals surface area contributed by atoms with E-state index >= 15 is 0 Å². The Hall–Kier alpha value is -1.06. The Bertz CT molecular complexity index is 178. The molecular weight excluding hydrogens is 156 g/mol. The molecule has 1 aliphatic rings. The molecule has 1 fully saturated rings. The van der Waals surface area contributed by atoms with Gasteiger partial charge in [0.05, 0.1) is 5.92 Å². The number of nitrogens with one attached hydrogen (secondary N) is 2. The van der Waals surface area contributed by atoms with Crippen LogP contribution in [0.3, 0.4) is 0 Å². The summed E-state index contributed by atoms with van der Waals surface area (Å²) in [6.45, 7) is 2.22. The Morgan fingerprint density at radius 3 is 2.83 bits per heavy atom. The van der Waals surface area contributed by atoms with Crippen molar-refractivity contribution >= 4 is 12.3 Å². The van der Waals surface area contributed by atoms with Gasteiger partial charge in [-0.15, -0.1) is 0 Å². The molecule has 68 valence electrons. The van der Waals surface area contributed by atoms with E-state index in [2.05, 4.69) is 10.6 Å². The van der Waals surface area contributed by atoms with E-state index in [1.807, 2.05) is 0 Å². The van der Waals surface area contributed by atoms with Crippen molar-refractivity contribution in [1.82, 2.24) is 10.6 Å². The molecule has 0 saturated heterocycles. The van der Waals surface area contributed by atoms with Gasteiger partial charge in [0.2, 0.25) is 12.3 Å². The van der Waals surface area contributed by atoms with Gasteiger partial charge in [0.1, 0.15) is 0 Å². The van der Waals surface area contributed by atoms with E-state index < -0.39 is 0 Å². The lowest BCUT2D eigenvalue weighted by molar-refractivity contribution is -0.124. The maximum absolute atomic E-state index is 11.2. The summed E-state index contributed by atoms with van der Waals surface area (Å²) in [7, 11) is 0. The van der Waals surface area contributed by atoms with Crippen LogP contribution in [0.15, 0.2) is 0 Å². The highest BCUT2D eigenvalue weighted by Gasteiger charge is 2.25. The molecule has 0 bridgehead atoms. The van der Waals surface area contributed by atoms with Crippen molar-refractivity contribution in [3.8, 4) is 0 Å². The third-order valence-electron chi connectivity index (χ3n) is 1.88. The van der Waals surface area contributed by atoms with E-state index in [0.717, 1.165) is 12.8 Å². The molecule has 0 aromatic heterocycles. The number of carbonyl (C=O) groups excluding carboxylic acids is 2. The minimum Gasteiger partial charge on any atom is -0.358 e. The number of carbonyl (C=O) groups is 2. The number of amides is 2. The Morgan fingerprint density at radius 1 is 1.67 bits per heavy atom. The van der Waals surface area contributed by atoms with Crippen LogP contribution in [0, 0.1) is 5.92 Å². The first-order valence-corrected chi connectivity index (χ1v) is 4.21. The molecule has 0 spiro atoms. The SMILES string of the molecule is CC(CNC=O)C(=O)NC1CC1. The van der Waals surface area contributed by atoms with Crippen molar-refractivity contribution < 1.29 is 9.59 Å². The van der Waals surface area contributed by atoms with Gasteiger partial charge in [-0.05, 0) is 12.8 Å². The summed E-state index contributed by atoms with van der Waals surface area (Å²) in [6.07, 6.45) is 2.81. The monoisotopic (exact) mass is 170 g/mol. The molecule has 0 aromatic rings. The van der Waals surface area contributed by atoms with E-state index in [0.29, 0.717) is 19.0 Å². The molecule has 1 rings (SSSR count). The van der Waals surface area contributed by atoms with Crippen LogP contribution in [-0.2, 0) is 9.59 Å². The Morgan fingerprint density at radius 2 is 2.33 bits per heavy atom. The normalized spacial score (nSPS) is 18.1. The van der Waals surface area contributed by atoms with Gasteiger partial charge >= 0.3 is 0 Å². The van der Waals surface area contributed by atoms with E-state index in [9.17, 15) is 9.59 Å². The third-order valence-corrected chi connectivity index (χ3v) is 1.88. The maximum Gasteiger partial charge on any atom is 0.224 e. The van der Waals surface area contributed by atoms with E-state index in [-0.39, 0.29) is 11.8 Å². The first-order chi connectivity index (χ1) is 5.74. The molecule has 1 atom stereocenters. The molecule has 4 nitrogen and oxygen atoms in total. The van der Waals surface area contributed by atoms with E-state index in [1.165, 1.54) is 0 Å². The fraction of sp³-hybridized carbons (Fsp3) is 0.750. The highest BCUT2D eigenvalue weighted by Crippen LogP contribution is 2.18. The van der Waals surface area contributed by atoms with Crippen LogP contribution in [0.5, 0.6) is 0 Å². The van der Waals surface area contributed by atoms with Gasteiger partial charge in [-0.1, -0.05) is 6.92 Å². The molecule has 0 aromatic carbocycles. The number of hydrogen-bond donors (Lipinski definition) is 2. The largest absolute Gasteiger partial charge is 0.358 e. The van der Waals surface area contributed by atoms with Crippen molar-refractivity contribution in [3.05, 3.63) is 0 Å². The van der Waals surface area contributed by atoms with Crippen molar-refractivity contribution in [2.45, 2.75) is 25.8 Å². The minimum atomic E-state index is -0.129. The lowest BCUT2D eigenvalue weighted by Crippen LogP contribution is -2.36. The molecule has 1 unspecified atom stereocenters. The van der Waals surface area contributed by atoms with Crippen LogP contribution < -0.4 is 10.6 Å². The lowest BCUT2D eigenvalue weighted by Gasteiger charge is -2.10. The Balaban J connectivity index is 2.14. The first-order valence-electron chi connectivity index (χ1n) is 4.21. The summed E-state index contributed by atoms with van der Waals surface area (Å²) in [5.41, 5.74) is 0. The molecule has 0 heterocycles. The molecule has 0 radical (unpaired) electrons. The number of hydrogen-bond acceptors (Lipinski definition) is 2. The van der Waals surface area contributed by atoms with Gasteiger partial charge in [-0.25, -0.2) is 0 Å². The molecular formula is C8H14N2O2. The second-order valence-corrected chi connectivity index (χ2v) is 3.21. The van der Waals surface area contributed by atoms with Gasteiger partial charge in [-0.3, -0.25) is 9.59 Å². The van der Waals surface area contributed by atoms with Gasteiger partial charge in [-0.2, -0.15) is 0 Å². The summed E-state index contributed by atoms with van der Waals surface area (Å²) >= 11 is 0. The van der Waals surface area contributed by atoms with Crippen molar-refractivity contribution in [1.29, 1.82) is 0 Å². The Kier molecular flexibility index (Phi) is 3.08. The lowest BCUT2D eigenvalue weighted by atomic mass is 10.1. The van der Waals surface area contributed by atoms with Gasteiger partial charge < -0.3 is 10.6 Å². The zero-order valence-electron chi connectivity index (χ0n) is 7.17. The zero-order valence-corrected chi connectivity index (χ0v) is 7.17. The van der Waals surface area contributed by atoms with Crippen LogP contribution in [0.2, 0.25) is 0 Å². The topological polar surface area (TPSA) is 58.2 Å². The molecule has 0 aliphatic heterocycles. The maximum atomic E-state index is 11.2. The predicted molar refractivity (Wildman–Crippen MR) is 44.4 cm³/mol. The number of rotatable bonds is 5. The summed E-state index contributed by atoms with van der Waals surface area (Å²) in [5.74, 6) is -0.0948. The minimum absolute atomic E-state index is 0.0341. The van der Waals surface area contributed by atoms with Crippen molar-refractivity contribution in [3.63, 3.8) is 0 Å². The summed E-state index contributed by atoms with van der Waals surface area (Å²) in [6, 6.07) is 0.399. The summed E-state index contributed by atoms with van der Waals surface area (Å²) < 4.78 is 0. The first kappa shape index (κ1) is 9.03. The van der Waals surface area contributed by atoms with E-state index in [4.69, 9.17) is 0 Å². The molecule has 4 heteroatoms. The third kappa shape index (κ3) is 2.90. The fourth-order valence-electron chi connectivity index (χ4n) is 0.889. The molecule has 2 N–H and O–H groups in total. The van der Waals surface area contributed by atoms with Crippen LogP contribution in [0.25, 0.3) is 0 Å². The second kappa shape index (κ2) is 4.09. The summed E-state index contributed by atoms with van der Waals surface area (Å²) in [4.78, 5) is 21.2. The van der Waals surface area contributed by atoms with Crippen molar-refractivity contribution in [2.24, 2.45) is 5.92 Å². The second-order valence-electron chi connectivity index (χ2n) is 3.21. The molecule has 1 saturated carbocycles. The molecule has 12 heavy (non-hydrogen) atoms. The average molecular weight is 170 g/mol. The predicted octanol–water partition coefficient (Wildman–Crippen LogP) is -0.353.